The molecule has 4 aromatic rings. The van der Waals surface area contributed by atoms with Crippen molar-refractivity contribution in [3.05, 3.63) is 36.3 Å². The number of hydrogen-bond acceptors (Lipinski definition) is 9. The van der Waals surface area contributed by atoms with Crippen LogP contribution in [0.25, 0.3) is 22.6 Å². The number of H-pyrrole nitrogens is 1. The van der Waals surface area contributed by atoms with E-state index < -0.39 is 0 Å². The summed E-state index contributed by atoms with van der Waals surface area (Å²) in [6.07, 6.45) is 7.74. The highest BCUT2D eigenvalue weighted by Crippen LogP contribution is 2.42. The summed E-state index contributed by atoms with van der Waals surface area (Å²) < 4.78 is 7.72. The molecule has 11 heteroatoms. The molecule has 7 rings (SSSR count). The molecule has 37 heavy (non-hydrogen) atoms. The summed E-state index contributed by atoms with van der Waals surface area (Å²) in [4.78, 5) is 19.2. The molecule has 2 fully saturated rings. The third-order valence-corrected chi connectivity index (χ3v) is 8.54. The number of aromatic nitrogens is 7. The Bertz CT molecular complexity index is 1450. The van der Waals surface area contributed by atoms with Crippen LogP contribution in [-0.2, 0) is 18.2 Å². The van der Waals surface area contributed by atoms with Crippen molar-refractivity contribution in [3.63, 3.8) is 0 Å². The van der Waals surface area contributed by atoms with Crippen LogP contribution in [0.3, 0.4) is 0 Å². The van der Waals surface area contributed by atoms with Gasteiger partial charge in [0.15, 0.2) is 17.0 Å². The van der Waals surface area contributed by atoms with Gasteiger partial charge in [0.25, 0.3) is 0 Å². The zero-order valence-corrected chi connectivity index (χ0v) is 21.3. The molecule has 0 aromatic carbocycles. The number of pyridine rings is 1. The summed E-state index contributed by atoms with van der Waals surface area (Å²) >= 11 is 0. The molecular weight excluding hydrogens is 468 g/mol. The van der Waals surface area contributed by atoms with E-state index in [0.29, 0.717) is 5.65 Å². The van der Waals surface area contributed by atoms with Crippen molar-refractivity contribution in [2.24, 2.45) is 18.2 Å². The van der Waals surface area contributed by atoms with Gasteiger partial charge in [0.05, 0.1) is 41.7 Å². The summed E-state index contributed by atoms with van der Waals surface area (Å²) in [6, 6.07) is 6.27. The monoisotopic (exact) mass is 500 g/mol. The third kappa shape index (κ3) is 3.59. The Morgan fingerprint density at radius 2 is 2.00 bits per heavy atom. The van der Waals surface area contributed by atoms with Gasteiger partial charge in [0.1, 0.15) is 5.82 Å². The van der Waals surface area contributed by atoms with Crippen molar-refractivity contribution < 1.29 is 4.74 Å². The van der Waals surface area contributed by atoms with Gasteiger partial charge in [-0.3, -0.25) is 9.78 Å². The maximum atomic E-state index is 6.50. The lowest BCUT2D eigenvalue weighted by Crippen LogP contribution is -2.50. The summed E-state index contributed by atoms with van der Waals surface area (Å²) in [5.41, 5.74) is 12.1. The normalized spacial score (nSPS) is 23.2. The molecule has 0 amide bonds. The van der Waals surface area contributed by atoms with Gasteiger partial charge in [-0.25, -0.2) is 15.0 Å². The maximum Gasteiger partial charge on any atom is 0.183 e. The van der Waals surface area contributed by atoms with E-state index in [1.165, 1.54) is 0 Å². The number of rotatable bonds is 3. The minimum Gasteiger partial charge on any atom is -0.376 e. The quantitative estimate of drug-likeness (QED) is 0.436. The van der Waals surface area contributed by atoms with E-state index in [1.54, 1.807) is 6.20 Å². The topological polar surface area (TPSA) is 127 Å². The maximum absolute atomic E-state index is 6.50. The smallest absolute Gasteiger partial charge is 0.183 e. The highest BCUT2D eigenvalue weighted by molar-refractivity contribution is 5.87. The Hall–Kier alpha value is -3.57. The SMILES string of the molecule is C[C@@H]1OCC2(CCN(c3cnc4c(N5CCCc6nc(-c7ccnn7C)ccc65)n[nH]c4n3)CC2)[C@@H]1N. The van der Waals surface area contributed by atoms with Crippen molar-refractivity contribution >= 4 is 28.5 Å². The van der Waals surface area contributed by atoms with Gasteiger partial charge in [0.2, 0.25) is 0 Å². The number of aryl methyl sites for hydroxylation is 2. The fourth-order valence-corrected chi connectivity index (χ4v) is 6.21. The largest absolute Gasteiger partial charge is 0.376 e. The Labute approximate surface area is 215 Å². The molecule has 0 bridgehead atoms. The molecule has 3 aliphatic heterocycles. The fourth-order valence-electron chi connectivity index (χ4n) is 6.21. The lowest BCUT2D eigenvalue weighted by Gasteiger charge is -2.41. The van der Waals surface area contributed by atoms with Crippen molar-refractivity contribution in [2.75, 3.05) is 36.0 Å². The van der Waals surface area contributed by atoms with E-state index in [-0.39, 0.29) is 17.6 Å². The zero-order chi connectivity index (χ0) is 25.1. The molecule has 0 radical (unpaired) electrons. The number of nitrogens with one attached hydrogen (secondary N) is 1. The van der Waals surface area contributed by atoms with Gasteiger partial charge in [-0.1, -0.05) is 0 Å². The summed E-state index contributed by atoms with van der Waals surface area (Å²) in [7, 11) is 1.94. The van der Waals surface area contributed by atoms with Gasteiger partial charge in [-0.2, -0.15) is 10.2 Å². The van der Waals surface area contributed by atoms with E-state index in [0.717, 1.165) is 91.8 Å². The molecule has 7 heterocycles. The molecule has 0 saturated carbocycles. The number of piperidine rings is 1. The van der Waals surface area contributed by atoms with E-state index in [9.17, 15) is 0 Å². The van der Waals surface area contributed by atoms with Gasteiger partial charge >= 0.3 is 0 Å². The lowest BCUT2D eigenvalue weighted by molar-refractivity contribution is 0.0974. The van der Waals surface area contributed by atoms with Crippen LogP contribution in [0.2, 0.25) is 0 Å². The number of anilines is 3. The predicted octanol–water partition coefficient (Wildman–Crippen LogP) is 2.57. The number of hydrogen-bond donors (Lipinski definition) is 2. The number of fused-ring (bicyclic) bond motifs is 2. The van der Waals surface area contributed by atoms with Crippen LogP contribution in [-0.4, -0.2) is 73.3 Å². The van der Waals surface area contributed by atoms with E-state index >= 15 is 0 Å². The zero-order valence-electron chi connectivity index (χ0n) is 21.3. The standard InChI is InChI=1S/C26H32N10O/c1-16-23(27)26(15-37-16)8-12-35(13-9-26)21-14-28-22-24(31-21)32-33-25(22)36-11-3-4-17-20(36)6-5-18(30-17)19-7-10-29-34(19)2/h5-7,10,14,16,23H,3-4,8-9,11-13,15,27H2,1-2H3,(H,31,32,33)/t16-,23+/m0/s1. The molecule has 2 saturated heterocycles. The van der Waals surface area contributed by atoms with Crippen molar-refractivity contribution in [3.8, 4) is 11.4 Å². The van der Waals surface area contributed by atoms with Crippen LogP contribution in [0.5, 0.6) is 0 Å². The second-order valence-corrected chi connectivity index (χ2v) is 10.6. The summed E-state index contributed by atoms with van der Waals surface area (Å²) in [6.45, 7) is 5.49. The minimum absolute atomic E-state index is 0.0842. The lowest BCUT2D eigenvalue weighted by atomic mass is 9.73. The van der Waals surface area contributed by atoms with Crippen LogP contribution < -0.4 is 15.5 Å². The highest BCUT2D eigenvalue weighted by Gasteiger charge is 2.47. The van der Waals surface area contributed by atoms with Crippen LogP contribution in [0.15, 0.2) is 30.6 Å². The molecule has 0 aliphatic carbocycles. The van der Waals surface area contributed by atoms with E-state index in [1.807, 2.05) is 24.0 Å². The summed E-state index contributed by atoms with van der Waals surface area (Å²) in [5, 5.41) is 12.1. The number of ether oxygens (including phenoxy) is 1. The van der Waals surface area contributed by atoms with Crippen LogP contribution in [0.4, 0.5) is 17.3 Å². The van der Waals surface area contributed by atoms with Gasteiger partial charge in [-0.05, 0) is 50.8 Å². The minimum atomic E-state index is 0.0842. The molecule has 192 valence electrons. The Morgan fingerprint density at radius 1 is 1.14 bits per heavy atom. The third-order valence-electron chi connectivity index (χ3n) is 8.54. The molecule has 3 aliphatic rings. The second-order valence-electron chi connectivity index (χ2n) is 10.6. The average molecular weight is 501 g/mol. The number of nitrogens with zero attached hydrogens (tertiary/aromatic N) is 8. The van der Waals surface area contributed by atoms with Gasteiger partial charge in [0, 0.05) is 44.3 Å². The first-order chi connectivity index (χ1) is 18.0. The van der Waals surface area contributed by atoms with Crippen molar-refractivity contribution in [1.82, 2.24) is 34.9 Å². The van der Waals surface area contributed by atoms with Gasteiger partial charge < -0.3 is 20.3 Å². The van der Waals surface area contributed by atoms with E-state index in [2.05, 4.69) is 44.2 Å². The van der Waals surface area contributed by atoms with Crippen molar-refractivity contribution in [1.29, 1.82) is 0 Å². The average Bonchev–Trinajstić information content (AvgIpc) is 3.62. The van der Waals surface area contributed by atoms with Crippen LogP contribution in [0, 0.1) is 5.41 Å². The predicted molar refractivity (Wildman–Crippen MR) is 141 cm³/mol. The fraction of sp³-hybridized carbons (Fsp3) is 0.500. The first kappa shape index (κ1) is 22.6. The van der Waals surface area contributed by atoms with Crippen LogP contribution >= 0.6 is 0 Å². The molecule has 1 spiro atoms. The van der Waals surface area contributed by atoms with Crippen molar-refractivity contribution in [2.45, 2.75) is 44.8 Å². The van der Waals surface area contributed by atoms with E-state index in [4.69, 9.17) is 25.4 Å². The summed E-state index contributed by atoms with van der Waals surface area (Å²) in [5.74, 6) is 1.67. The first-order valence-corrected chi connectivity index (χ1v) is 13.1. The Morgan fingerprint density at radius 3 is 2.76 bits per heavy atom. The Kier molecular flexibility index (Phi) is 5.19. The highest BCUT2D eigenvalue weighted by atomic mass is 16.5. The second kappa shape index (κ2) is 8.49. The van der Waals surface area contributed by atoms with Crippen LogP contribution in [0.1, 0.15) is 31.9 Å². The molecular formula is C26H32N10O. The molecule has 2 atom stereocenters. The number of nitrogens with two attached hydrogens (primary N) is 1. The molecule has 4 aromatic heterocycles. The molecule has 0 unspecified atom stereocenters. The van der Waals surface area contributed by atoms with Gasteiger partial charge in [-0.15, -0.1) is 0 Å². The Balaban J connectivity index is 1.14. The first-order valence-electron chi connectivity index (χ1n) is 13.1. The number of aromatic amines is 1. The molecule has 3 N–H and O–H groups in total. The molecule has 11 nitrogen and oxygen atoms in total.